The molecule has 1 aliphatic rings. The van der Waals surface area contributed by atoms with Gasteiger partial charge in [0.1, 0.15) is 5.75 Å². The normalized spacial score (nSPS) is 19.1. The third-order valence-electron chi connectivity index (χ3n) is 4.48. The number of halogens is 1. The zero-order valence-corrected chi connectivity index (χ0v) is 14.4. The number of benzene rings is 2. The first kappa shape index (κ1) is 15.8. The van der Waals surface area contributed by atoms with Gasteiger partial charge in [-0.3, -0.25) is 0 Å². The molecule has 2 heterocycles. The highest BCUT2D eigenvalue weighted by molar-refractivity contribution is 6.31. The minimum atomic E-state index is -0.0570. The van der Waals surface area contributed by atoms with Crippen molar-refractivity contribution in [1.82, 2.24) is 14.8 Å². The fraction of sp³-hybridized carbons (Fsp3) is 0.222. The Morgan fingerprint density at radius 2 is 1.88 bits per heavy atom. The first-order valence-electron chi connectivity index (χ1n) is 8.03. The summed E-state index contributed by atoms with van der Waals surface area (Å²) in [6.07, 6.45) is 0.750. The van der Waals surface area contributed by atoms with Gasteiger partial charge in [0.2, 0.25) is 11.9 Å². The maximum atomic E-state index is 6.41. The van der Waals surface area contributed by atoms with Crippen molar-refractivity contribution < 1.29 is 4.74 Å². The number of ether oxygens (including phenoxy) is 1. The number of hydrogen-bond acceptors (Lipinski definition) is 5. The molecule has 3 N–H and O–H groups in total. The van der Waals surface area contributed by atoms with E-state index < -0.39 is 0 Å². The lowest BCUT2D eigenvalue weighted by Gasteiger charge is -2.32. The van der Waals surface area contributed by atoms with Gasteiger partial charge in [-0.1, -0.05) is 48.0 Å². The van der Waals surface area contributed by atoms with Crippen LogP contribution in [0.5, 0.6) is 5.75 Å². The van der Waals surface area contributed by atoms with Crippen molar-refractivity contribution >= 4 is 23.5 Å². The van der Waals surface area contributed by atoms with Gasteiger partial charge in [0.25, 0.3) is 0 Å². The van der Waals surface area contributed by atoms with Crippen LogP contribution in [0, 0.1) is 0 Å². The molecule has 7 heteroatoms. The second-order valence-electron chi connectivity index (χ2n) is 5.95. The Kier molecular flexibility index (Phi) is 3.97. The van der Waals surface area contributed by atoms with Crippen molar-refractivity contribution in [1.29, 1.82) is 0 Å². The third kappa shape index (κ3) is 2.78. The van der Waals surface area contributed by atoms with Crippen molar-refractivity contribution in [3.63, 3.8) is 0 Å². The van der Waals surface area contributed by atoms with E-state index in [1.165, 1.54) is 0 Å². The number of anilines is 2. The highest BCUT2D eigenvalue weighted by Gasteiger charge is 2.33. The van der Waals surface area contributed by atoms with Crippen LogP contribution in [0.3, 0.4) is 0 Å². The van der Waals surface area contributed by atoms with Gasteiger partial charge in [-0.05, 0) is 24.1 Å². The fourth-order valence-corrected chi connectivity index (χ4v) is 3.62. The second kappa shape index (κ2) is 6.29. The second-order valence-corrected chi connectivity index (χ2v) is 6.36. The smallest absolute Gasteiger partial charge is 0.241 e. The molecule has 128 valence electrons. The van der Waals surface area contributed by atoms with Crippen LogP contribution in [0.15, 0.2) is 48.5 Å². The first-order valence-corrected chi connectivity index (χ1v) is 8.41. The Balaban J connectivity index is 1.81. The van der Waals surface area contributed by atoms with E-state index in [1.807, 2.05) is 53.2 Å². The van der Waals surface area contributed by atoms with Crippen LogP contribution in [-0.2, 0) is 0 Å². The molecule has 0 spiro atoms. The zero-order valence-electron chi connectivity index (χ0n) is 13.7. The summed E-state index contributed by atoms with van der Waals surface area (Å²) in [6, 6.07) is 15.7. The van der Waals surface area contributed by atoms with Crippen LogP contribution < -0.4 is 15.8 Å². The van der Waals surface area contributed by atoms with Gasteiger partial charge < -0.3 is 15.8 Å². The molecule has 1 aliphatic heterocycles. The SMILES string of the molecule is COc1ccccc1[C@H]1C[C@H](c2ccccc2Cl)Nc2nc(N)nn21. The topological polar surface area (TPSA) is 78.0 Å². The summed E-state index contributed by atoms with van der Waals surface area (Å²) < 4.78 is 7.37. The van der Waals surface area contributed by atoms with Crippen LogP contribution in [0.1, 0.15) is 29.6 Å². The zero-order chi connectivity index (χ0) is 17.4. The highest BCUT2D eigenvalue weighted by Crippen LogP contribution is 2.42. The number of rotatable bonds is 3. The average Bonchev–Trinajstić information content (AvgIpc) is 3.01. The van der Waals surface area contributed by atoms with Gasteiger partial charge >= 0.3 is 0 Å². The summed E-state index contributed by atoms with van der Waals surface area (Å²) in [4.78, 5) is 4.32. The largest absolute Gasteiger partial charge is 0.496 e. The van der Waals surface area contributed by atoms with E-state index in [4.69, 9.17) is 22.1 Å². The Bertz CT molecular complexity index is 910. The number of methoxy groups -OCH3 is 1. The van der Waals surface area contributed by atoms with Gasteiger partial charge in [0.05, 0.1) is 19.2 Å². The first-order chi connectivity index (χ1) is 12.2. The van der Waals surface area contributed by atoms with Gasteiger partial charge in [-0.15, -0.1) is 5.10 Å². The molecule has 0 unspecified atom stereocenters. The third-order valence-corrected chi connectivity index (χ3v) is 4.83. The molecule has 25 heavy (non-hydrogen) atoms. The summed E-state index contributed by atoms with van der Waals surface area (Å²) in [5, 5.41) is 8.49. The van der Waals surface area contributed by atoms with E-state index in [1.54, 1.807) is 7.11 Å². The lowest BCUT2D eigenvalue weighted by atomic mass is 9.93. The van der Waals surface area contributed by atoms with Crippen molar-refractivity contribution in [2.24, 2.45) is 0 Å². The number of nitrogen functional groups attached to an aromatic ring is 1. The van der Waals surface area contributed by atoms with Crippen molar-refractivity contribution in [3.8, 4) is 5.75 Å². The summed E-state index contributed by atoms with van der Waals surface area (Å²) in [5.41, 5.74) is 7.90. The molecule has 0 amide bonds. The molecular formula is C18H18ClN5O. The molecule has 3 aromatic rings. The molecule has 0 saturated carbocycles. The molecule has 0 bridgehead atoms. The van der Waals surface area contributed by atoms with Crippen molar-refractivity contribution in [3.05, 3.63) is 64.7 Å². The summed E-state index contributed by atoms with van der Waals surface area (Å²) in [6.45, 7) is 0. The van der Waals surface area contributed by atoms with Gasteiger partial charge in [-0.2, -0.15) is 4.98 Å². The van der Waals surface area contributed by atoms with E-state index in [0.29, 0.717) is 5.95 Å². The Morgan fingerprint density at radius 3 is 2.64 bits per heavy atom. The maximum Gasteiger partial charge on any atom is 0.241 e. The molecule has 1 aromatic heterocycles. The van der Waals surface area contributed by atoms with Crippen LogP contribution >= 0.6 is 11.6 Å². The van der Waals surface area contributed by atoms with Crippen molar-refractivity contribution in [2.75, 3.05) is 18.2 Å². The molecule has 0 saturated heterocycles. The Labute approximate surface area is 150 Å². The molecule has 4 rings (SSSR count). The number of hydrogen-bond donors (Lipinski definition) is 2. The molecule has 0 fully saturated rings. The minimum Gasteiger partial charge on any atom is -0.496 e. The van der Waals surface area contributed by atoms with E-state index in [-0.39, 0.29) is 18.0 Å². The molecule has 2 atom stereocenters. The van der Waals surface area contributed by atoms with E-state index in [9.17, 15) is 0 Å². The van der Waals surface area contributed by atoms with Crippen molar-refractivity contribution in [2.45, 2.75) is 18.5 Å². The van der Waals surface area contributed by atoms with Crippen LogP contribution in [0.4, 0.5) is 11.9 Å². The van der Waals surface area contributed by atoms with E-state index in [2.05, 4.69) is 15.4 Å². The predicted molar refractivity (Wildman–Crippen MR) is 98.0 cm³/mol. The number of nitrogens with zero attached hydrogens (tertiary/aromatic N) is 3. The molecule has 0 radical (unpaired) electrons. The number of nitrogens with two attached hydrogens (primary N) is 1. The monoisotopic (exact) mass is 355 g/mol. The lowest BCUT2D eigenvalue weighted by Crippen LogP contribution is -2.28. The van der Waals surface area contributed by atoms with Crippen LogP contribution in [0.25, 0.3) is 0 Å². The van der Waals surface area contributed by atoms with Crippen LogP contribution in [0.2, 0.25) is 5.02 Å². The number of para-hydroxylation sites is 1. The number of aromatic nitrogens is 3. The fourth-order valence-electron chi connectivity index (χ4n) is 3.36. The number of nitrogens with one attached hydrogen (secondary N) is 1. The van der Waals surface area contributed by atoms with Crippen LogP contribution in [-0.4, -0.2) is 21.9 Å². The molecule has 0 aliphatic carbocycles. The van der Waals surface area contributed by atoms with Gasteiger partial charge in [0.15, 0.2) is 0 Å². The molecular weight excluding hydrogens is 338 g/mol. The minimum absolute atomic E-state index is 0.000266. The predicted octanol–water partition coefficient (Wildman–Crippen LogP) is 3.67. The van der Waals surface area contributed by atoms with Gasteiger partial charge in [0, 0.05) is 10.6 Å². The molecule has 6 nitrogen and oxygen atoms in total. The summed E-state index contributed by atoms with van der Waals surface area (Å²) >= 11 is 6.41. The number of fused-ring (bicyclic) bond motifs is 1. The summed E-state index contributed by atoms with van der Waals surface area (Å²) in [5.74, 6) is 1.68. The summed E-state index contributed by atoms with van der Waals surface area (Å²) in [7, 11) is 1.67. The van der Waals surface area contributed by atoms with E-state index >= 15 is 0 Å². The quantitative estimate of drug-likeness (QED) is 0.749. The Morgan fingerprint density at radius 1 is 1.16 bits per heavy atom. The van der Waals surface area contributed by atoms with Gasteiger partial charge in [-0.25, -0.2) is 4.68 Å². The van der Waals surface area contributed by atoms with E-state index in [0.717, 1.165) is 28.3 Å². The average molecular weight is 356 g/mol. The highest BCUT2D eigenvalue weighted by atomic mass is 35.5. The Hall–Kier alpha value is -2.73. The maximum absolute atomic E-state index is 6.41. The standard InChI is InChI=1S/C18H18ClN5O/c1-25-16-9-5-3-7-12(16)15-10-14(11-6-2-4-8-13(11)19)21-18-22-17(20)23-24(15)18/h2-9,14-15H,10H2,1H3,(H3,20,21,22,23)/t14-,15-/m1/s1. The molecule has 2 aromatic carbocycles. The lowest BCUT2D eigenvalue weighted by molar-refractivity contribution is 0.380.